The molecule has 41 heavy (non-hydrogen) atoms. The van der Waals surface area contributed by atoms with Crippen LogP contribution in [0.2, 0.25) is 0 Å². The maximum atomic E-state index is 4.95. The van der Waals surface area contributed by atoms with Crippen molar-refractivity contribution in [1.82, 2.24) is 15.0 Å². The number of hydrogen-bond acceptors (Lipinski definition) is 4. The smallest absolute Gasteiger partial charge is 0.164 e. The van der Waals surface area contributed by atoms with Crippen molar-refractivity contribution in [1.29, 1.82) is 0 Å². The quantitative estimate of drug-likeness (QED) is 0.222. The Morgan fingerprint density at radius 2 is 0.976 bits per heavy atom. The predicted molar refractivity (Wildman–Crippen MR) is 172 cm³/mol. The summed E-state index contributed by atoms with van der Waals surface area (Å²) < 4.78 is 2.60. The fourth-order valence-corrected chi connectivity index (χ4v) is 6.81. The van der Waals surface area contributed by atoms with Gasteiger partial charge in [0.05, 0.1) is 0 Å². The topological polar surface area (TPSA) is 38.7 Å². The zero-order valence-electron chi connectivity index (χ0n) is 22.0. The highest BCUT2D eigenvalue weighted by Crippen LogP contribution is 2.43. The van der Waals surface area contributed by atoms with E-state index >= 15 is 0 Å². The van der Waals surface area contributed by atoms with E-state index in [0.29, 0.717) is 17.5 Å². The summed E-state index contributed by atoms with van der Waals surface area (Å²) in [6.07, 6.45) is 0. The van der Waals surface area contributed by atoms with Crippen molar-refractivity contribution >= 4 is 42.3 Å². The Morgan fingerprint density at radius 1 is 0.415 bits per heavy atom. The highest BCUT2D eigenvalue weighted by molar-refractivity contribution is 7.26. The van der Waals surface area contributed by atoms with Crippen molar-refractivity contribution in [3.05, 3.63) is 140 Å². The molecular weight excluding hydrogens is 518 g/mol. The van der Waals surface area contributed by atoms with Crippen LogP contribution in [0.1, 0.15) is 0 Å². The molecule has 0 fully saturated rings. The first-order chi connectivity index (χ1) is 20.3. The molecule has 0 saturated carbocycles. The average molecular weight is 542 g/mol. The summed E-state index contributed by atoms with van der Waals surface area (Å²) in [4.78, 5) is 14.7. The van der Waals surface area contributed by atoms with E-state index in [4.69, 9.17) is 15.0 Å². The molecule has 0 aliphatic rings. The SMILES string of the molecule is c1ccc(-c2nc(-c3ccccc3)nc(-c3cccc(-c4cccc5c4sc4ccc6ccccc6c45)c3)n2)cc1. The van der Waals surface area contributed by atoms with Crippen LogP contribution >= 0.6 is 11.3 Å². The Kier molecular flexibility index (Phi) is 5.64. The maximum Gasteiger partial charge on any atom is 0.164 e. The van der Waals surface area contributed by atoms with Crippen molar-refractivity contribution in [3.63, 3.8) is 0 Å². The van der Waals surface area contributed by atoms with E-state index in [1.807, 2.05) is 72.0 Å². The number of aromatic nitrogens is 3. The van der Waals surface area contributed by atoms with Crippen LogP contribution in [0.3, 0.4) is 0 Å². The Morgan fingerprint density at radius 3 is 1.71 bits per heavy atom. The summed E-state index contributed by atoms with van der Waals surface area (Å²) in [5.74, 6) is 1.99. The summed E-state index contributed by atoms with van der Waals surface area (Å²) in [6, 6.07) is 48.5. The zero-order valence-corrected chi connectivity index (χ0v) is 22.8. The molecule has 0 N–H and O–H groups in total. The third-order valence-electron chi connectivity index (χ3n) is 7.52. The number of fused-ring (bicyclic) bond motifs is 5. The number of rotatable bonds is 4. The molecule has 0 saturated heterocycles. The van der Waals surface area contributed by atoms with Crippen LogP contribution in [0.5, 0.6) is 0 Å². The van der Waals surface area contributed by atoms with Crippen LogP contribution in [0, 0.1) is 0 Å². The molecule has 0 unspecified atom stereocenters. The van der Waals surface area contributed by atoms with E-state index in [-0.39, 0.29) is 0 Å². The second-order valence-electron chi connectivity index (χ2n) is 10.1. The summed E-state index contributed by atoms with van der Waals surface area (Å²) >= 11 is 1.86. The van der Waals surface area contributed by atoms with Gasteiger partial charge in [-0.1, -0.05) is 127 Å². The van der Waals surface area contributed by atoms with Crippen LogP contribution < -0.4 is 0 Å². The molecule has 0 bridgehead atoms. The lowest BCUT2D eigenvalue weighted by Crippen LogP contribution is -2.00. The Labute approximate surface area is 241 Å². The zero-order chi connectivity index (χ0) is 27.2. The minimum absolute atomic E-state index is 0.661. The lowest BCUT2D eigenvalue weighted by atomic mass is 9.99. The standard InChI is InChI=1S/C37H23N3S/c1-3-12-25(13-4-1)35-38-36(26-14-5-2-6-15-26)40-37(39-35)28-17-9-16-27(23-28)30-19-10-20-31-33-29-18-8-7-11-24(29)21-22-32(33)41-34(30)31/h1-23H. The molecule has 4 heteroatoms. The van der Waals surface area contributed by atoms with Gasteiger partial charge in [-0.25, -0.2) is 15.0 Å². The Bertz CT molecular complexity index is 2140. The van der Waals surface area contributed by atoms with Gasteiger partial charge in [0.25, 0.3) is 0 Å². The van der Waals surface area contributed by atoms with Crippen molar-refractivity contribution in [2.45, 2.75) is 0 Å². The first-order valence-electron chi connectivity index (χ1n) is 13.6. The Balaban J connectivity index is 1.31. The second kappa shape index (κ2) is 9.77. The maximum absolute atomic E-state index is 4.95. The third-order valence-corrected chi connectivity index (χ3v) is 8.72. The monoisotopic (exact) mass is 541 g/mol. The molecule has 0 amide bonds. The average Bonchev–Trinajstić information content (AvgIpc) is 3.45. The number of thiophene rings is 1. The van der Waals surface area contributed by atoms with Crippen molar-refractivity contribution < 1.29 is 0 Å². The van der Waals surface area contributed by atoms with Gasteiger partial charge in [0.15, 0.2) is 17.5 Å². The van der Waals surface area contributed by atoms with Crippen LogP contribution in [-0.4, -0.2) is 15.0 Å². The van der Waals surface area contributed by atoms with Gasteiger partial charge in [0.2, 0.25) is 0 Å². The molecule has 8 rings (SSSR count). The molecule has 8 aromatic rings. The third kappa shape index (κ3) is 4.17. The van der Waals surface area contributed by atoms with Gasteiger partial charge in [0.1, 0.15) is 0 Å². The van der Waals surface area contributed by atoms with E-state index in [1.165, 1.54) is 36.5 Å². The summed E-state index contributed by atoms with van der Waals surface area (Å²) in [5, 5.41) is 5.20. The van der Waals surface area contributed by atoms with E-state index in [2.05, 4.69) is 78.9 Å². The normalized spacial score (nSPS) is 11.4. The lowest BCUT2D eigenvalue weighted by molar-refractivity contribution is 1.07. The molecule has 0 atom stereocenters. The molecule has 0 spiro atoms. The van der Waals surface area contributed by atoms with E-state index in [9.17, 15) is 0 Å². The van der Waals surface area contributed by atoms with E-state index in [1.54, 1.807) is 0 Å². The molecule has 6 aromatic carbocycles. The second-order valence-corrected chi connectivity index (χ2v) is 11.1. The molecule has 2 heterocycles. The fraction of sp³-hybridized carbons (Fsp3) is 0. The molecule has 3 nitrogen and oxygen atoms in total. The minimum Gasteiger partial charge on any atom is -0.208 e. The minimum atomic E-state index is 0.661. The molecule has 2 aromatic heterocycles. The molecule has 0 aliphatic heterocycles. The molecular formula is C37H23N3S. The number of benzene rings is 6. The molecule has 192 valence electrons. The largest absolute Gasteiger partial charge is 0.208 e. The highest BCUT2D eigenvalue weighted by Gasteiger charge is 2.15. The first kappa shape index (κ1) is 23.7. The van der Waals surface area contributed by atoms with Crippen LogP contribution in [-0.2, 0) is 0 Å². The van der Waals surface area contributed by atoms with Gasteiger partial charge in [0, 0.05) is 36.9 Å². The highest BCUT2D eigenvalue weighted by atomic mass is 32.1. The van der Waals surface area contributed by atoms with E-state index in [0.717, 1.165) is 22.3 Å². The summed E-state index contributed by atoms with van der Waals surface area (Å²) in [7, 11) is 0. The molecule has 0 aliphatic carbocycles. The fourth-order valence-electron chi connectivity index (χ4n) is 5.56. The van der Waals surface area contributed by atoms with Crippen molar-refractivity contribution in [3.8, 4) is 45.3 Å². The number of hydrogen-bond donors (Lipinski definition) is 0. The summed E-state index contributed by atoms with van der Waals surface area (Å²) in [6.45, 7) is 0. The summed E-state index contributed by atoms with van der Waals surface area (Å²) in [5.41, 5.74) is 5.25. The van der Waals surface area contributed by atoms with Gasteiger partial charge in [-0.2, -0.15) is 0 Å². The number of nitrogens with zero attached hydrogens (tertiary/aromatic N) is 3. The van der Waals surface area contributed by atoms with Gasteiger partial charge in [-0.05, 0) is 34.0 Å². The van der Waals surface area contributed by atoms with Crippen LogP contribution in [0.4, 0.5) is 0 Å². The van der Waals surface area contributed by atoms with E-state index < -0.39 is 0 Å². The predicted octanol–water partition coefficient (Wildman–Crippen LogP) is 10.1. The van der Waals surface area contributed by atoms with Crippen molar-refractivity contribution in [2.24, 2.45) is 0 Å². The lowest BCUT2D eigenvalue weighted by Gasteiger charge is -2.10. The first-order valence-corrected chi connectivity index (χ1v) is 14.4. The molecule has 0 radical (unpaired) electrons. The Hall–Kier alpha value is -5.19. The van der Waals surface area contributed by atoms with Crippen molar-refractivity contribution in [2.75, 3.05) is 0 Å². The van der Waals surface area contributed by atoms with Gasteiger partial charge < -0.3 is 0 Å². The van der Waals surface area contributed by atoms with Crippen LogP contribution in [0.15, 0.2) is 140 Å². The van der Waals surface area contributed by atoms with Gasteiger partial charge in [-0.3, -0.25) is 0 Å². The van der Waals surface area contributed by atoms with Crippen LogP contribution in [0.25, 0.3) is 76.2 Å². The van der Waals surface area contributed by atoms with Gasteiger partial charge >= 0.3 is 0 Å². The van der Waals surface area contributed by atoms with Gasteiger partial charge in [-0.15, -0.1) is 11.3 Å².